The Bertz CT molecular complexity index is 747. The van der Waals surface area contributed by atoms with E-state index >= 15 is 0 Å². The van der Waals surface area contributed by atoms with E-state index in [0.717, 1.165) is 54.7 Å². The summed E-state index contributed by atoms with van der Waals surface area (Å²) in [5, 5.41) is 8.50. The van der Waals surface area contributed by atoms with E-state index in [0.29, 0.717) is 6.04 Å². The van der Waals surface area contributed by atoms with E-state index in [-0.39, 0.29) is 5.91 Å². The Morgan fingerprint density at radius 2 is 1.59 bits per heavy atom. The van der Waals surface area contributed by atoms with Gasteiger partial charge in [0.2, 0.25) is 0 Å². The molecule has 6 aliphatic rings. The maximum absolute atomic E-state index is 13.4. The molecule has 1 heterocycles. The zero-order chi connectivity index (χ0) is 19.4. The SMILES string of the molecule is O=C(NC1C2CC3CC(C2)CC1C3)c1nn(CC2CCCCC2)c2c1CCCC2. The third-order valence-corrected chi connectivity index (χ3v) is 9.15. The molecule has 0 aliphatic heterocycles. The number of carbonyl (C=O) groups excluding carboxylic acids is 1. The summed E-state index contributed by atoms with van der Waals surface area (Å²) >= 11 is 0. The first-order valence-electron chi connectivity index (χ1n) is 12.6. The Balaban J connectivity index is 1.22. The fourth-order valence-corrected chi connectivity index (χ4v) is 8.00. The zero-order valence-corrected chi connectivity index (χ0v) is 17.9. The molecule has 5 saturated carbocycles. The second-order valence-corrected chi connectivity index (χ2v) is 11.1. The quantitative estimate of drug-likeness (QED) is 0.788. The van der Waals surface area contributed by atoms with E-state index in [1.54, 1.807) is 0 Å². The highest BCUT2D eigenvalue weighted by atomic mass is 16.2. The first kappa shape index (κ1) is 18.4. The van der Waals surface area contributed by atoms with Crippen LogP contribution in [0.1, 0.15) is 98.8 Å². The number of rotatable bonds is 4. The van der Waals surface area contributed by atoms with Crippen LogP contribution < -0.4 is 5.32 Å². The lowest BCUT2D eigenvalue weighted by Gasteiger charge is -2.54. The molecule has 5 fully saturated rings. The van der Waals surface area contributed by atoms with Gasteiger partial charge in [0.25, 0.3) is 5.91 Å². The lowest BCUT2D eigenvalue weighted by Crippen LogP contribution is -2.56. The van der Waals surface area contributed by atoms with Crippen molar-refractivity contribution in [2.75, 3.05) is 0 Å². The molecule has 0 spiro atoms. The van der Waals surface area contributed by atoms with E-state index in [1.807, 2.05) is 0 Å². The van der Waals surface area contributed by atoms with Gasteiger partial charge in [0.15, 0.2) is 5.69 Å². The third-order valence-electron chi connectivity index (χ3n) is 9.15. The van der Waals surface area contributed by atoms with E-state index in [1.165, 1.54) is 88.3 Å². The van der Waals surface area contributed by atoms with Gasteiger partial charge in [0.05, 0.1) is 0 Å². The number of fused-ring (bicyclic) bond motifs is 1. The van der Waals surface area contributed by atoms with E-state index in [9.17, 15) is 4.79 Å². The van der Waals surface area contributed by atoms with Gasteiger partial charge in [-0.25, -0.2) is 0 Å². The number of carbonyl (C=O) groups is 1. The van der Waals surface area contributed by atoms with Crippen LogP contribution in [-0.4, -0.2) is 21.7 Å². The predicted octanol–water partition coefficient (Wildman–Crippen LogP) is 4.90. The zero-order valence-electron chi connectivity index (χ0n) is 17.9. The monoisotopic (exact) mass is 395 g/mol. The first-order valence-corrected chi connectivity index (χ1v) is 12.6. The van der Waals surface area contributed by atoms with Crippen LogP contribution in [0.3, 0.4) is 0 Å². The fraction of sp³-hybridized carbons (Fsp3) is 0.840. The Morgan fingerprint density at radius 3 is 2.31 bits per heavy atom. The minimum Gasteiger partial charge on any atom is -0.347 e. The van der Waals surface area contributed by atoms with Crippen LogP contribution in [0.4, 0.5) is 0 Å². The average molecular weight is 396 g/mol. The lowest BCUT2D eigenvalue weighted by molar-refractivity contribution is -0.0120. The Morgan fingerprint density at radius 1 is 0.897 bits per heavy atom. The molecule has 4 nitrogen and oxygen atoms in total. The Kier molecular flexibility index (Phi) is 4.72. The highest BCUT2D eigenvalue weighted by molar-refractivity contribution is 5.94. The van der Waals surface area contributed by atoms with Gasteiger partial charge in [-0.2, -0.15) is 5.10 Å². The van der Waals surface area contributed by atoms with Gasteiger partial charge in [-0.1, -0.05) is 19.3 Å². The first-order chi connectivity index (χ1) is 14.2. The summed E-state index contributed by atoms with van der Waals surface area (Å²) in [4.78, 5) is 13.4. The highest BCUT2D eigenvalue weighted by Gasteiger charge is 2.48. The molecule has 158 valence electrons. The van der Waals surface area contributed by atoms with Crippen molar-refractivity contribution in [2.45, 2.75) is 102 Å². The number of nitrogens with one attached hydrogen (secondary N) is 1. The van der Waals surface area contributed by atoms with Crippen LogP contribution in [0.2, 0.25) is 0 Å². The van der Waals surface area contributed by atoms with Crippen LogP contribution in [0.15, 0.2) is 0 Å². The third kappa shape index (κ3) is 3.35. The molecule has 1 aromatic heterocycles. The van der Waals surface area contributed by atoms with Crippen LogP contribution in [0.5, 0.6) is 0 Å². The van der Waals surface area contributed by atoms with Gasteiger partial charge in [-0.05, 0) is 100 Å². The fourth-order valence-electron chi connectivity index (χ4n) is 8.00. The topological polar surface area (TPSA) is 46.9 Å². The van der Waals surface area contributed by atoms with Crippen LogP contribution in [-0.2, 0) is 19.4 Å². The summed E-state index contributed by atoms with van der Waals surface area (Å²) in [7, 11) is 0. The van der Waals surface area contributed by atoms with Gasteiger partial charge in [-0.15, -0.1) is 0 Å². The molecule has 1 N–H and O–H groups in total. The van der Waals surface area contributed by atoms with Gasteiger partial charge in [-0.3, -0.25) is 9.48 Å². The van der Waals surface area contributed by atoms with Crippen molar-refractivity contribution < 1.29 is 4.79 Å². The smallest absolute Gasteiger partial charge is 0.272 e. The molecule has 0 saturated heterocycles. The van der Waals surface area contributed by atoms with Gasteiger partial charge in [0, 0.05) is 23.8 Å². The molecule has 0 radical (unpaired) electrons. The summed E-state index contributed by atoms with van der Waals surface area (Å²) in [6.07, 6.45) is 18.3. The normalized spacial score (nSPS) is 36.2. The Hall–Kier alpha value is -1.32. The van der Waals surface area contributed by atoms with E-state index in [2.05, 4.69) is 10.00 Å². The largest absolute Gasteiger partial charge is 0.347 e. The average Bonchev–Trinajstić information content (AvgIpc) is 3.10. The Labute approximate surface area is 175 Å². The summed E-state index contributed by atoms with van der Waals surface area (Å²) in [6, 6.07) is 0.415. The molecule has 29 heavy (non-hydrogen) atoms. The van der Waals surface area contributed by atoms with Crippen molar-refractivity contribution in [3.63, 3.8) is 0 Å². The van der Waals surface area contributed by atoms with Crippen molar-refractivity contribution in [1.29, 1.82) is 0 Å². The number of amides is 1. The number of hydrogen-bond acceptors (Lipinski definition) is 2. The van der Waals surface area contributed by atoms with Crippen LogP contribution >= 0.6 is 0 Å². The van der Waals surface area contributed by atoms with Crippen molar-refractivity contribution in [2.24, 2.45) is 29.6 Å². The van der Waals surface area contributed by atoms with Gasteiger partial charge in [0.1, 0.15) is 0 Å². The minimum atomic E-state index is 0.142. The van der Waals surface area contributed by atoms with Gasteiger partial charge >= 0.3 is 0 Å². The van der Waals surface area contributed by atoms with Crippen LogP contribution in [0, 0.1) is 29.6 Å². The van der Waals surface area contributed by atoms with Crippen molar-refractivity contribution in [3.05, 3.63) is 17.0 Å². The lowest BCUT2D eigenvalue weighted by atomic mass is 9.54. The van der Waals surface area contributed by atoms with Crippen molar-refractivity contribution in [3.8, 4) is 0 Å². The van der Waals surface area contributed by atoms with E-state index < -0.39 is 0 Å². The maximum Gasteiger partial charge on any atom is 0.272 e. The van der Waals surface area contributed by atoms with Gasteiger partial charge < -0.3 is 5.32 Å². The summed E-state index contributed by atoms with van der Waals surface area (Å²) < 4.78 is 2.26. The molecule has 6 aliphatic carbocycles. The predicted molar refractivity (Wildman–Crippen MR) is 114 cm³/mol. The molecule has 1 amide bonds. The second kappa shape index (κ2) is 7.42. The molecule has 4 bridgehead atoms. The second-order valence-electron chi connectivity index (χ2n) is 11.1. The minimum absolute atomic E-state index is 0.142. The van der Waals surface area contributed by atoms with Crippen LogP contribution in [0.25, 0.3) is 0 Å². The summed E-state index contributed by atoms with van der Waals surface area (Å²) in [5.74, 6) is 4.27. The standard InChI is InChI=1S/C25H37N3O/c29-25(26-23-19-11-17-10-18(13-19)14-20(23)12-17)24-21-8-4-5-9-22(21)28(27-24)15-16-6-2-1-3-7-16/h16-20,23H,1-15H2,(H,26,29). The molecule has 0 aromatic carbocycles. The highest BCUT2D eigenvalue weighted by Crippen LogP contribution is 2.53. The molecular weight excluding hydrogens is 358 g/mol. The van der Waals surface area contributed by atoms with E-state index in [4.69, 9.17) is 5.10 Å². The number of nitrogens with zero attached hydrogens (tertiary/aromatic N) is 2. The van der Waals surface area contributed by atoms with Crippen molar-refractivity contribution >= 4 is 5.91 Å². The number of hydrogen-bond donors (Lipinski definition) is 1. The summed E-state index contributed by atoms with van der Waals surface area (Å²) in [6.45, 7) is 1.04. The molecule has 0 atom stereocenters. The molecule has 7 rings (SSSR count). The molecular formula is C25H37N3O. The molecule has 1 aromatic rings. The number of aromatic nitrogens is 2. The summed E-state index contributed by atoms with van der Waals surface area (Å²) in [5.41, 5.74) is 3.45. The molecule has 0 unspecified atom stereocenters. The molecule has 4 heteroatoms. The van der Waals surface area contributed by atoms with Crippen molar-refractivity contribution in [1.82, 2.24) is 15.1 Å². The maximum atomic E-state index is 13.4.